The predicted octanol–water partition coefficient (Wildman–Crippen LogP) is 2.78. The van der Waals surface area contributed by atoms with E-state index >= 15 is 0 Å². The van der Waals surface area contributed by atoms with Crippen molar-refractivity contribution in [1.29, 1.82) is 0 Å². The highest BCUT2D eigenvalue weighted by Crippen LogP contribution is 2.24. The van der Waals surface area contributed by atoms with E-state index in [4.69, 9.17) is 0 Å². The number of nitrogens with zero attached hydrogens (tertiary/aromatic N) is 3. The van der Waals surface area contributed by atoms with Gasteiger partial charge in [0.2, 0.25) is 10.0 Å². The molecular weight excluding hydrogens is 414 g/mol. The van der Waals surface area contributed by atoms with Crippen molar-refractivity contribution in [3.05, 3.63) is 28.1 Å². The summed E-state index contributed by atoms with van der Waals surface area (Å²) in [6, 6.07) is 4.32. The number of aromatic nitrogens is 1. The largest absolute Gasteiger partial charge is 0.315 e. The van der Waals surface area contributed by atoms with E-state index in [-0.39, 0.29) is 11.8 Å². The number of carbonyl (C=O) groups is 1. The van der Waals surface area contributed by atoms with Gasteiger partial charge in [0.15, 0.2) is 4.80 Å². The van der Waals surface area contributed by atoms with Crippen LogP contribution in [0.3, 0.4) is 0 Å². The van der Waals surface area contributed by atoms with Gasteiger partial charge in [0.1, 0.15) is 0 Å². The Morgan fingerprint density at radius 3 is 2.57 bits per heavy atom. The Morgan fingerprint density at radius 2 is 1.96 bits per heavy atom. The van der Waals surface area contributed by atoms with Crippen LogP contribution in [-0.4, -0.2) is 54.6 Å². The highest BCUT2D eigenvalue weighted by Gasteiger charge is 2.29. The lowest BCUT2D eigenvalue weighted by Crippen LogP contribution is -2.39. The maximum absolute atomic E-state index is 12.8. The summed E-state index contributed by atoms with van der Waals surface area (Å²) in [7, 11) is -3.19. The van der Waals surface area contributed by atoms with Crippen molar-refractivity contribution >= 4 is 49.2 Å². The Labute approximate surface area is 174 Å². The molecule has 1 aromatic heterocycles. The smallest absolute Gasteiger partial charge is 0.251 e. The molecule has 0 bridgehead atoms. The van der Waals surface area contributed by atoms with Crippen LogP contribution in [-0.2, 0) is 21.4 Å². The summed E-state index contributed by atoms with van der Waals surface area (Å²) in [5.41, 5.74) is 3.54. The van der Waals surface area contributed by atoms with E-state index in [2.05, 4.69) is 41.8 Å². The average molecular weight is 442 g/mol. The van der Waals surface area contributed by atoms with Crippen LogP contribution in [0.25, 0.3) is 10.2 Å². The van der Waals surface area contributed by atoms with Crippen LogP contribution in [0.5, 0.6) is 0 Å². The minimum atomic E-state index is -3.19. The summed E-state index contributed by atoms with van der Waals surface area (Å²) < 4.78 is 28.1. The van der Waals surface area contributed by atoms with Crippen molar-refractivity contribution in [3.8, 4) is 0 Å². The molecule has 0 atom stereocenters. The van der Waals surface area contributed by atoms with Crippen LogP contribution in [0.1, 0.15) is 24.0 Å². The van der Waals surface area contributed by atoms with Crippen LogP contribution in [0.15, 0.2) is 17.1 Å². The maximum atomic E-state index is 12.8. The van der Waals surface area contributed by atoms with Gasteiger partial charge in [-0.1, -0.05) is 17.4 Å². The van der Waals surface area contributed by atoms with Gasteiger partial charge in [0.25, 0.3) is 5.91 Å². The quantitative estimate of drug-likeness (QED) is 0.715. The number of fused-ring (bicyclic) bond motifs is 1. The minimum absolute atomic E-state index is 0.132. The van der Waals surface area contributed by atoms with Crippen LogP contribution in [0.2, 0.25) is 0 Å². The van der Waals surface area contributed by atoms with E-state index in [9.17, 15) is 13.2 Å². The first-order valence-electron chi connectivity index (χ1n) is 9.34. The highest BCUT2D eigenvalue weighted by molar-refractivity contribution is 7.98. The molecule has 1 fully saturated rings. The molecule has 3 rings (SSSR count). The number of benzene rings is 1. The Bertz CT molecular complexity index is 1050. The number of sulfonamides is 1. The molecule has 154 valence electrons. The molecule has 0 N–H and O–H groups in total. The Morgan fingerprint density at radius 1 is 1.29 bits per heavy atom. The fraction of sp³-hybridized carbons (Fsp3) is 0.579. The van der Waals surface area contributed by atoms with Gasteiger partial charge >= 0.3 is 0 Å². The van der Waals surface area contributed by atoms with E-state index < -0.39 is 10.0 Å². The zero-order valence-corrected chi connectivity index (χ0v) is 19.2. The summed E-state index contributed by atoms with van der Waals surface area (Å²) in [5.74, 6) is 0.611. The first-order chi connectivity index (χ1) is 13.2. The van der Waals surface area contributed by atoms with Crippen LogP contribution >= 0.6 is 23.1 Å². The second kappa shape index (κ2) is 8.69. The van der Waals surface area contributed by atoms with Crippen molar-refractivity contribution in [2.75, 3.05) is 31.4 Å². The molecule has 1 aromatic carbocycles. The number of carbonyl (C=O) groups excluding carboxylic acids is 1. The minimum Gasteiger partial charge on any atom is -0.315 e. The lowest BCUT2D eigenvalue weighted by Gasteiger charge is -2.28. The first kappa shape index (κ1) is 21.5. The molecule has 0 radical (unpaired) electrons. The van der Waals surface area contributed by atoms with E-state index in [0.717, 1.165) is 22.6 Å². The summed E-state index contributed by atoms with van der Waals surface area (Å²) in [6.07, 6.45) is 4.35. The monoisotopic (exact) mass is 441 g/mol. The fourth-order valence-corrected chi connectivity index (χ4v) is 5.97. The third-order valence-corrected chi connectivity index (χ3v) is 8.23. The van der Waals surface area contributed by atoms with Crippen molar-refractivity contribution < 1.29 is 13.2 Å². The number of thiazole rings is 1. The van der Waals surface area contributed by atoms with Crippen molar-refractivity contribution in [3.63, 3.8) is 0 Å². The van der Waals surface area contributed by atoms with Gasteiger partial charge in [0.05, 0.1) is 16.5 Å². The summed E-state index contributed by atoms with van der Waals surface area (Å²) in [4.78, 5) is 18.1. The van der Waals surface area contributed by atoms with E-state index in [0.29, 0.717) is 25.9 Å². The van der Waals surface area contributed by atoms with Crippen LogP contribution in [0.4, 0.5) is 0 Å². The number of piperidine rings is 1. The topological polar surface area (TPSA) is 71.7 Å². The first-order valence-corrected chi connectivity index (χ1v) is 13.4. The third kappa shape index (κ3) is 4.69. The normalized spacial score (nSPS) is 17.5. The maximum Gasteiger partial charge on any atom is 0.251 e. The summed E-state index contributed by atoms with van der Waals surface area (Å²) in [6.45, 7) is 5.77. The van der Waals surface area contributed by atoms with Crippen LogP contribution < -0.4 is 4.80 Å². The molecule has 1 aliphatic rings. The molecule has 0 unspecified atom stereocenters. The molecular formula is C19H27N3O3S3. The Balaban J connectivity index is 1.92. The molecule has 6 nitrogen and oxygen atoms in total. The lowest BCUT2D eigenvalue weighted by atomic mass is 9.98. The van der Waals surface area contributed by atoms with Crippen LogP contribution in [0, 0.1) is 19.8 Å². The van der Waals surface area contributed by atoms with E-state index in [1.165, 1.54) is 26.4 Å². The predicted molar refractivity (Wildman–Crippen MR) is 117 cm³/mol. The molecule has 0 aliphatic carbocycles. The van der Waals surface area contributed by atoms with Gasteiger partial charge in [-0.05, 0) is 50.1 Å². The molecule has 0 saturated carbocycles. The number of amides is 1. The highest BCUT2D eigenvalue weighted by atomic mass is 32.2. The van der Waals surface area contributed by atoms with Crippen molar-refractivity contribution in [2.24, 2.45) is 10.9 Å². The van der Waals surface area contributed by atoms with E-state index in [1.54, 1.807) is 23.1 Å². The number of aryl methyl sites for hydroxylation is 3. The Hall–Kier alpha value is -1.16. The van der Waals surface area contributed by atoms with Gasteiger partial charge in [-0.2, -0.15) is 16.8 Å². The molecule has 28 heavy (non-hydrogen) atoms. The second-order valence-electron chi connectivity index (χ2n) is 7.35. The standard InChI is InChI=1S/C19H27N3O3S3/c1-13-11-14(2)17-16(12-13)22(9-10-26-3)19(27-17)20-18(23)15-5-7-21(8-6-15)28(4,24)25/h11-12,15H,5-10H2,1-4H3. The molecule has 2 aromatic rings. The van der Waals surface area contributed by atoms with Gasteiger partial charge in [-0.15, -0.1) is 0 Å². The van der Waals surface area contributed by atoms with Gasteiger partial charge in [0, 0.05) is 31.3 Å². The molecule has 9 heteroatoms. The Kier molecular flexibility index (Phi) is 6.69. The lowest BCUT2D eigenvalue weighted by molar-refractivity contribution is -0.122. The average Bonchev–Trinajstić information content (AvgIpc) is 2.96. The van der Waals surface area contributed by atoms with E-state index in [1.807, 2.05) is 0 Å². The molecule has 0 spiro atoms. The second-order valence-corrected chi connectivity index (χ2v) is 11.3. The van der Waals surface area contributed by atoms with Gasteiger partial charge in [-0.3, -0.25) is 4.79 Å². The number of thioether (sulfide) groups is 1. The van der Waals surface area contributed by atoms with Gasteiger partial charge in [-0.25, -0.2) is 12.7 Å². The zero-order valence-electron chi connectivity index (χ0n) is 16.8. The number of rotatable bonds is 5. The van der Waals surface area contributed by atoms with Crippen molar-refractivity contribution in [2.45, 2.75) is 33.2 Å². The molecule has 2 heterocycles. The fourth-order valence-electron chi connectivity index (χ4n) is 3.62. The molecule has 1 aliphatic heterocycles. The number of hydrogen-bond donors (Lipinski definition) is 0. The number of hydrogen-bond acceptors (Lipinski definition) is 5. The zero-order chi connectivity index (χ0) is 20.5. The van der Waals surface area contributed by atoms with Gasteiger partial charge < -0.3 is 4.57 Å². The van der Waals surface area contributed by atoms with Crippen molar-refractivity contribution in [1.82, 2.24) is 8.87 Å². The third-order valence-electron chi connectivity index (χ3n) is 5.11. The summed E-state index contributed by atoms with van der Waals surface area (Å²) >= 11 is 3.34. The molecule has 1 saturated heterocycles. The summed E-state index contributed by atoms with van der Waals surface area (Å²) in [5, 5.41) is 0. The molecule has 1 amide bonds. The SMILES string of the molecule is CSCCn1c(=NC(=O)C2CCN(S(C)(=O)=O)CC2)sc2c(C)cc(C)cc21.